The predicted molar refractivity (Wildman–Crippen MR) is 74.9 cm³/mol. The van der Waals surface area contributed by atoms with E-state index in [9.17, 15) is 0 Å². The van der Waals surface area contributed by atoms with Gasteiger partial charge < -0.3 is 10.1 Å². The number of fused-ring (bicyclic) bond motifs is 1. The number of hydrogen-bond donors (Lipinski definition) is 2. The summed E-state index contributed by atoms with van der Waals surface area (Å²) in [6, 6.07) is 3.67. The van der Waals surface area contributed by atoms with Crippen LogP contribution < -0.4 is 10.1 Å². The van der Waals surface area contributed by atoms with E-state index in [2.05, 4.69) is 30.5 Å². The highest BCUT2D eigenvalue weighted by Crippen LogP contribution is 2.28. The van der Waals surface area contributed by atoms with Crippen LogP contribution in [0.2, 0.25) is 0 Å². The van der Waals surface area contributed by atoms with Gasteiger partial charge in [0.25, 0.3) is 0 Å². The molecule has 20 heavy (non-hydrogen) atoms. The van der Waals surface area contributed by atoms with Gasteiger partial charge in [0.15, 0.2) is 11.4 Å². The van der Waals surface area contributed by atoms with Crippen LogP contribution in [0.1, 0.15) is 12.6 Å². The lowest BCUT2D eigenvalue weighted by atomic mass is 10.3. The van der Waals surface area contributed by atoms with E-state index >= 15 is 0 Å². The summed E-state index contributed by atoms with van der Waals surface area (Å²) < 4.78 is 5.85. The highest BCUT2D eigenvalue weighted by molar-refractivity contribution is 5.80. The van der Waals surface area contributed by atoms with Gasteiger partial charge in [0.05, 0.1) is 11.9 Å². The van der Waals surface area contributed by atoms with Crippen LogP contribution in [-0.4, -0.2) is 31.7 Å². The molecule has 0 atom stereocenters. The van der Waals surface area contributed by atoms with Crippen molar-refractivity contribution in [2.75, 3.05) is 11.9 Å². The Morgan fingerprint density at radius 3 is 3.05 bits per heavy atom. The van der Waals surface area contributed by atoms with Gasteiger partial charge in [-0.25, -0.2) is 0 Å². The number of anilines is 1. The number of pyridine rings is 1. The molecule has 3 heterocycles. The summed E-state index contributed by atoms with van der Waals surface area (Å²) in [6.45, 7) is 4.59. The molecular formula is C13H14N6O. The highest BCUT2D eigenvalue weighted by Gasteiger charge is 2.12. The Bertz CT molecular complexity index is 739. The SMILES string of the molecule is CCNc1nc(Oc2cccnc2C)c2cn[nH]c2n1. The van der Waals surface area contributed by atoms with Crippen molar-refractivity contribution in [3.8, 4) is 11.6 Å². The van der Waals surface area contributed by atoms with E-state index in [1.807, 2.05) is 26.0 Å². The van der Waals surface area contributed by atoms with Gasteiger partial charge in [0.2, 0.25) is 11.8 Å². The monoisotopic (exact) mass is 270 g/mol. The molecule has 0 saturated heterocycles. The van der Waals surface area contributed by atoms with Crippen molar-refractivity contribution in [3.63, 3.8) is 0 Å². The van der Waals surface area contributed by atoms with Crippen LogP contribution >= 0.6 is 0 Å². The molecule has 0 aromatic carbocycles. The average Bonchev–Trinajstić information content (AvgIpc) is 2.90. The first-order valence-electron chi connectivity index (χ1n) is 6.32. The van der Waals surface area contributed by atoms with E-state index in [1.54, 1.807) is 12.4 Å². The molecule has 102 valence electrons. The maximum Gasteiger partial charge on any atom is 0.235 e. The molecule has 2 N–H and O–H groups in total. The van der Waals surface area contributed by atoms with Crippen molar-refractivity contribution in [1.82, 2.24) is 25.1 Å². The van der Waals surface area contributed by atoms with Gasteiger partial charge in [-0.15, -0.1) is 0 Å². The van der Waals surface area contributed by atoms with E-state index in [0.29, 0.717) is 23.2 Å². The normalized spacial score (nSPS) is 10.7. The van der Waals surface area contributed by atoms with Crippen molar-refractivity contribution in [2.24, 2.45) is 0 Å². The summed E-state index contributed by atoms with van der Waals surface area (Å²) in [5, 5.41) is 10.6. The molecule has 3 aromatic rings. The molecular weight excluding hydrogens is 256 g/mol. The molecule has 0 aliphatic carbocycles. The predicted octanol–water partition coefficient (Wildman–Crippen LogP) is 2.28. The fourth-order valence-electron chi connectivity index (χ4n) is 1.80. The van der Waals surface area contributed by atoms with Crippen LogP contribution in [0.25, 0.3) is 11.0 Å². The maximum atomic E-state index is 5.85. The fraction of sp³-hybridized carbons (Fsp3) is 0.231. The number of ether oxygens (including phenoxy) is 1. The van der Waals surface area contributed by atoms with Crippen LogP contribution in [0, 0.1) is 6.92 Å². The molecule has 7 heteroatoms. The Morgan fingerprint density at radius 2 is 2.25 bits per heavy atom. The second kappa shape index (κ2) is 5.12. The topological polar surface area (TPSA) is 88.6 Å². The minimum Gasteiger partial charge on any atom is -0.436 e. The Labute approximate surface area is 115 Å². The van der Waals surface area contributed by atoms with Crippen molar-refractivity contribution in [2.45, 2.75) is 13.8 Å². The molecule has 0 unspecified atom stereocenters. The average molecular weight is 270 g/mol. The zero-order chi connectivity index (χ0) is 13.9. The number of hydrogen-bond acceptors (Lipinski definition) is 6. The number of nitrogens with one attached hydrogen (secondary N) is 2. The number of aromatic amines is 1. The van der Waals surface area contributed by atoms with Gasteiger partial charge in [-0.1, -0.05) is 0 Å². The molecule has 0 spiro atoms. The standard InChI is InChI=1S/C13H14N6O/c1-3-14-13-17-11-9(7-16-19-11)12(18-13)20-10-5-4-6-15-8(10)2/h4-7H,3H2,1-2H3,(H2,14,16,17,18,19). The number of nitrogens with zero attached hydrogens (tertiary/aromatic N) is 4. The quantitative estimate of drug-likeness (QED) is 0.756. The van der Waals surface area contributed by atoms with E-state index in [0.717, 1.165) is 17.6 Å². The number of aryl methyl sites for hydroxylation is 1. The first-order chi connectivity index (χ1) is 9.78. The van der Waals surface area contributed by atoms with Crippen molar-refractivity contribution >= 4 is 17.0 Å². The van der Waals surface area contributed by atoms with E-state index in [4.69, 9.17) is 4.74 Å². The van der Waals surface area contributed by atoms with Gasteiger partial charge in [-0.3, -0.25) is 10.1 Å². The first-order valence-corrected chi connectivity index (χ1v) is 6.32. The first kappa shape index (κ1) is 12.3. The van der Waals surface area contributed by atoms with E-state index in [-0.39, 0.29) is 0 Å². The Balaban J connectivity index is 2.05. The van der Waals surface area contributed by atoms with Crippen LogP contribution in [0.3, 0.4) is 0 Å². The smallest absolute Gasteiger partial charge is 0.235 e. The van der Waals surface area contributed by atoms with E-state index in [1.165, 1.54) is 0 Å². The number of H-pyrrole nitrogens is 1. The van der Waals surface area contributed by atoms with Crippen LogP contribution in [0.4, 0.5) is 5.95 Å². The Hall–Kier alpha value is -2.70. The second-order valence-electron chi connectivity index (χ2n) is 4.20. The third kappa shape index (κ3) is 2.25. The van der Waals surface area contributed by atoms with Gasteiger partial charge in [-0.2, -0.15) is 15.1 Å². The minimum absolute atomic E-state index is 0.454. The molecule has 0 fully saturated rings. The van der Waals surface area contributed by atoms with Crippen molar-refractivity contribution in [3.05, 3.63) is 30.2 Å². The fourth-order valence-corrected chi connectivity index (χ4v) is 1.80. The lowest BCUT2D eigenvalue weighted by molar-refractivity contribution is 0.462. The lowest BCUT2D eigenvalue weighted by Crippen LogP contribution is -2.03. The summed E-state index contributed by atoms with van der Waals surface area (Å²) >= 11 is 0. The molecule has 0 bridgehead atoms. The Kier molecular flexibility index (Phi) is 3.16. The third-order valence-corrected chi connectivity index (χ3v) is 2.77. The Morgan fingerprint density at radius 1 is 1.35 bits per heavy atom. The third-order valence-electron chi connectivity index (χ3n) is 2.77. The highest BCUT2D eigenvalue weighted by atomic mass is 16.5. The largest absolute Gasteiger partial charge is 0.436 e. The summed E-state index contributed by atoms with van der Waals surface area (Å²) in [5.74, 6) is 1.62. The van der Waals surface area contributed by atoms with Crippen LogP contribution in [-0.2, 0) is 0 Å². The molecule has 0 saturated carbocycles. The van der Waals surface area contributed by atoms with Gasteiger partial charge in [-0.05, 0) is 26.0 Å². The van der Waals surface area contributed by atoms with Gasteiger partial charge >= 0.3 is 0 Å². The molecule has 0 aliphatic heterocycles. The second-order valence-corrected chi connectivity index (χ2v) is 4.20. The molecule has 7 nitrogen and oxygen atoms in total. The molecule has 3 rings (SSSR count). The van der Waals surface area contributed by atoms with Crippen LogP contribution in [0.15, 0.2) is 24.5 Å². The van der Waals surface area contributed by atoms with E-state index < -0.39 is 0 Å². The maximum absolute atomic E-state index is 5.85. The van der Waals surface area contributed by atoms with Crippen molar-refractivity contribution < 1.29 is 4.74 Å². The molecule has 0 aliphatic rings. The molecule has 3 aromatic heterocycles. The molecule has 0 amide bonds. The summed E-state index contributed by atoms with van der Waals surface area (Å²) in [5.41, 5.74) is 1.43. The summed E-state index contributed by atoms with van der Waals surface area (Å²) in [6.07, 6.45) is 3.37. The van der Waals surface area contributed by atoms with Crippen LogP contribution in [0.5, 0.6) is 11.6 Å². The zero-order valence-electron chi connectivity index (χ0n) is 11.2. The summed E-state index contributed by atoms with van der Waals surface area (Å²) in [4.78, 5) is 12.9. The summed E-state index contributed by atoms with van der Waals surface area (Å²) in [7, 11) is 0. The number of rotatable bonds is 4. The zero-order valence-corrected chi connectivity index (χ0v) is 11.2. The minimum atomic E-state index is 0.454. The van der Waals surface area contributed by atoms with Gasteiger partial charge in [0, 0.05) is 12.7 Å². The van der Waals surface area contributed by atoms with Gasteiger partial charge in [0.1, 0.15) is 5.39 Å². The number of aromatic nitrogens is 5. The lowest BCUT2D eigenvalue weighted by Gasteiger charge is -2.09. The van der Waals surface area contributed by atoms with Crippen molar-refractivity contribution in [1.29, 1.82) is 0 Å². The molecule has 0 radical (unpaired) electrons.